The Hall–Kier alpha value is -1.35. The molecule has 74 valence electrons. The van der Waals surface area contributed by atoms with Crippen molar-refractivity contribution >= 4 is 11.6 Å². The van der Waals surface area contributed by atoms with Gasteiger partial charge in [0.2, 0.25) is 5.91 Å². The third-order valence-electron chi connectivity index (χ3n) is 2.54. The van der Waals surface area contributed by atoms with E-state index in [1.54, 1.807) is 0 Å². The molecule has 0 radical (unpaired) electrons. The minimum absolute atomic E-state index is 0.0671. The maximum atomic E-state index is 11.6. The van der Waals surface area contributed by atoms with Gasteiger partial charge in [0.15, 0.2) is 0 Å². The number of anilines is 1. The molecule has 0 unspecified atom stereocenters. The largest absolute Gasteiger partial charge is 0.324 e. The van der Waals surface area contributed by atoms with Gasteiger partial charge in [0.25, 0.3) is 0 Å². The Balaban J connectivity index is 2.28. The van der Waals surface area contributed by atoms with Gasteiger partial charge in [-0.25, -0.2) is 0 Å². The van der Waals surface area contributed by atoms with Crippen molar-refractivity contribution < 1.29 is 4.79 Å². The van der Waals surface area contributed by atoms with E-state index in [9.17, 15) is 4.79 Å². The fraction of sp³-hybridized carbons (Fsp3) is 0.364. The molecule has 0 aliphatic carbocycles. The molecule has 0 spiro atoms. The number of amides is 1. The highest BCUT2D eigenvalue weighted by Crippen LogP contribution is 2.18. The molecule has 2 rings (SSSR count). The molecule has 14 heavy (non-hydrogen) atoms. The molecule has 1 aromatic carbocycles. The maximum absolute atomic E-state index is 11.6. The molecule has 1 aliphatic heterocycles. The summed E-state index contributed by atoms with van der Waals surface area (Å²) in [4.78, 5) is 11.6. The van der Waals surface area contributed by atoms with Crippen LogP contribution in [0.4, 0.5) is 5.69 Å². The van der Waals surface area contributed by atoms with Crippen LogP contribution in [0.25, 0.3) is 0 Å². The Morgan fingerprint density at radius 3 is 3.00 bits per heavy atom. The van der Waals surface area contributed by atoms with E-state index in [1.165, 1.54) is 0 Å². The molecule has 2 N–H and O–H groups in total. The predicted molar refractivity (Wildman–Crippen MR) is 56.0 cm³/mol. The molecule has 0 saturated heterocycles. The van der Waals surface area contributed by atoms with E-state index < -0.39 is 0 Å². The number of benzene rings is 1. The zero-order valence-electron chi connectivity index (χ0n) is 8.21. The summed E-state index contributed by atoms with van der Waals surface area (Å²) in [6, 6.07) is 7.82. The third-order valence-corrected chi connectivity index (χ3v) is 2.54. The van der Waals surface area contributed by atoms with Crippen molar-refractivity contribution in [3.05, 3.63) is 29.8 Å². The average Bonchev–Trinajstić information content (AvgIpc) is 2.36. The second-order valence-electron chi connectivity index (χ2n) is 3.49. The quantitative estimate of drug-likeness (QED) is 0.704. The van der Waals surface area contributed by atoms with Gasteiger partial charge in [0, 0.05) is 12.2 Å². The molecule has 1 heterocycles. The van der Waals surface area contributed by atoms with Gasteiger partial charge < -0.3 is 10.6 Å². The Kier molecular flexibility index (Phi) is 2.50. The lowest BCUT2D eigenvalue weighted by Crippen LogP contribution is -2.37. The molecular formula is C11H14N2O. The van der Waals surface area contributed by atoms with E-state index >= 15 is 0 Å². The number of nitrogens with one attached hydrogen (secondary N) is 2. The zero-order valence-corrected chi connectivity index (χ0v) is 8.21. The van der Waals surface area contributed by atoms with Gasteiger partial charge in [0.05, 0.1) is 6.04 Å². The lowest BCUT2D eigenvalue weighted by Gasteiger charge is -2.10. The van der Waals surface area contributed by atoms with E-state index in [4.69, 9.17) is 0 Å². The van der Waals surface area contributed by atoms with Crippen molar-refractivity contribution in [1.82, 2.24) is 5.32 Å². The number of hydrogen-bond acceptors (Lipinski definition) is 2. The first-order valence-corrected chi connectivity index (χ1v) is 4.93. The van der Waals surface area contributed by atoms with E-state index in [1.807, 2.05) is 31.2 Å². The van der Waals surface area contributed by atoms with Crippen LogP contribution >= 0.6 is 0 Å². The lowest BCUT2D eigenvalue weighted by molar-refractivity contribution is -0.118. The third kappa shape index (κ3) is 1.63. The van der Waals surface area contributed by atoms with Gasteiger partial charge >= 0.3 is 0 Å². The summed E-state index contributed by atoms with van der Waals surface area (Å²) in [6.45, 7) is 2.76. The summed E-state index contributed by atoms with van der Waals surface area (Å²) >= 11 is 0. The lowest BCUT2D eigenvalue weighted by atomic mass is 10.2. The van der Waals surface area contributed by atoms with Gasteiger partial charge in [-0.05, 0) is 18.1 Å². The Bertz CT molecular complexity index is 349. The second kappa shape index (κ2) is 3.80. The van der Waals surface area contributed by atoms with Gasteiger partial charge in [-0.15, -0.1) is 0 Å². The molecular weight excluding hydrogens is 176 g/mol. The molecule has 1 aliphatic rings. The number of hydrogen-bond donors (Lipinski definition) is 2. The Morgan fingerprint density at radius 1 is 1.43 bits per heavy atom. The summed E-state index contributed by atoms with van der Waals surface area (Å²) in [6.07, 6.45) is 0.819. The summed E-state index contributed by atoms with van der Waals surface area (Å²) in [5.41, 5.74) is 2.08. The summed E-state index contributed by atoms with van der Waals surface area (Å²) in [5.74, 6) is 0.0671. The van der Waals surface area contributed by atoms with Crippen molar-refractivity contribution in [2.24, 2.45) is 0 Å². The number of carbonyl (C=O) groups excluding carboxylic acids is 1. The molecule has 3 heteroatoms. The van der Waals surface area contributed by atoms with E-state index in [0.29, 0.717) is 0 Å². The fourth-order valence-corrected chi connectivity index (χ4v) is 1.67. The first kappa shape index (κ1) is 9.21. The van der Waals surface area contributed by atoms with Crippen LogP contribution in [-0.4, -0.2) is 11.9 Å². The van der Waals surface area contributed by atoms with Crippen LogP contribution < -0.4 is 10.6 Å². The second-order valence-corrected chi connectivity index (χ2v) is 3.49. The van der Waals surface area contributed by atoms with Crippen LogP contribution in [0.1, 0.15) is 18.9 Å². The molecule has 1 amide bonds. The number of fused-ring (bicyclic) bond motifs is 1. The van der Waals surface area contributed by atoms with Crippen molar-refractivity contribution in [3.63, 3.8) is 0 Å². The van der Waals surface area contributed by atoms with E-state index in [-0.39, 0.29) is 11.9 Å². The minimum atomic E-state index is -0.0672. The Morgan fingerprint density at radius 2 is 2.21 bits per heavy atom. The molecule has 1 atom stereocenters. The highest BCUT2D eigenvalue weighted by molar-refractivity contribution is 5.96. The van der Waals surface area contributed by atoms with Gasteiger partial charge in [-0.1, -0.05) is 25.1 Å². The average molecular weight is 190 g/mol. The minimum Gasteiger partial charge on any atom is -0.324 e. The standard InChI is InChI=1S/C11H14N2O/c1-2-9-11(14)13-10-6-4-3-5-8(10)7-12-9/h3-6,9,12H,2,7H2,1H3,(H,13,14)/t9-/m0/s1. The van der Waals surface area contributed by atoms with Gasteiger partial charge in [-0.2, -0.15) is 0 Å². The predicted octanol–water partition coefficient (Wildman–Crippen LogP) is 1.51. The van der Waals surface area contributed by atoms with Crippen molar-refractivity contribution in [2.45, 2.75) is 25.9 Å². The maximum Gasteiger partial charge on any atom is 0.241 e. The van der Waals surface area contributed by atoms with Crippen molar-refractivity contribution in [3.8, 4) is 0 Å². The van der Waals surface area contributed by atoms with Crippen LogP contribution in [0.5, 0.6) is 0 Å². The highest BCUT2D eigenvalue weighted by atomic mass is 16.2. The molecule has 0 bridgehead atoms. The van der Waals surface area contributed by atoms with Crippen LogP contribution in [0.2, 0.25) is 0 Å². The Labute approximate surface area is 83.5 Å². The normalized spacial score (nSPS) is 20.9. The fourth-order valence-electron chi connectivity index (χ4n) is 1.67. The summed E-state index contributed by atoms with van der Waals surface area (Å²) < 4.78 is 0. The molecule has 0 aromatic heterocycles. The summed E-state index contributed by atoms with van der Waals surface area (Å²) in [5, 5.41) is 6.15. The smallest absolute Gasteiger partial charge is 0.241 e. The van der Waals surface area contributed by atoms with Crippen LogP contribution in [-0.2, 0) is 11.3 Å². The monoisotopic (exact) mass is 190 g/mol. The van der Waals surface area contributed by atoms with Crippen molar-refractivity contribution in [2.75, 3.05) is 5.32 Å². The number of rotatable bonds is 1. The topological polar surface area (TPSA) is 41.1 Å². The number of carbonyl (C=O) groups is 1. The molecule has 1 aromatic rings. The van der Waals surface area contributed by atoms with Gasteiger partial charge in [-0.3, -0.25) is 4.79 Å². The van der Waals surface area contributed by atoms with Crippen LogP contribution in [0.15, 0.2) is 24.3 Å². The molecule has 0 fully saturated rings. The van der Waals surface area contributed by atoms with E-state index in [2.05, 4.69) is 10.6 Å². The SMILES string of the molecule is CC[C@@H]1NCc2ccccc2NC1=O. The first-order chi connectivity index (χ1) is 6.81. The number of para-hydroxylation sites is 1. The molecule has 3 nitrogen and oxygen atoms in total. The highest BCUT2D eigenvalue weighted by Gasteiger charge is 2.20. The summed E-state index contributed by atoms with van der Waals surface area (Å²) in [7, 11) is 0. The van der Waals surface area contributed by atoms with Crippen LogP contribution in [0, 0.1) is 0 Å². The first-order valence-electron chi connectivity index (χ1n) is 4.93. The van der Waals surface area contributed by atoms with Crippen molar-refractivity contribution in [1.29, 1.82) is 0 Å². The molecule has 0 saturated carbocycles. The van der Waals surface area contributed by atoms with Gasteiger partial charge in [0.1, 0.15) is 0 Å². The van der Waals surface area contributed by atoms with E-state index in [0.717, 1.165) is 24.2 Å². The van der Waals surface area contributed by atoms with Crippen LogP contribution in [0.3, 0.4) is 0 Å². The zero-order chi connectivity index (χ0) is 9.97.